The molecular weight excluding hydrogens is 380 g/mol. The van der Waals surface area contributed by atoms with Gasteiger partial charge in [0.05, 0.1) is 0 Å². The molecule has 26 heavy (non-hydrogen) atoms. The van der Waals surface area contributed by atoms with Crippen LogP contribution < -0.4 is 5.32 Å². The fourth-order valence-corrected chi connectivity index (χ4v) is 5.38. The highest BCUT2D eigenvalue weighted by atomic mass is 32.2. The predicted octanol–water partition coefficient (Wildman–Crippen LogP) is 2.48. The van der Waals surface area contributed by atoms with E-state index in [2.05, 4.69) is 5.32 Å². The van der Waals surface area contributed by atoms with E-state index in [4.69, 9.17) is 12.2 Å². The summed E-state index contributed by atoms with van der Waals surface area (Å²) in [7, 11) is -4.21. The third kappa shape index (κ3) is 4.15. The highest BCUT2D eigenvalue weighted by molar-refractivity contribution is 7.89. The van der Waals surface area contributed by atoms with Gasteiger partial charge in [-0.1, -0.05) is 25.3 Å². The van der Waals surface area contributed by atoms with Crippen molar-refractivity contribution in [1.82, 2.24) is 14.5 Å². The van der Waals surface area contributed by atoms with Gasteiger partial charge in [0.15, 0.2) is 10.0 Å². The number of hydrogen-bond donors (Lipinski definition) is 1. The average Bonchev–Trinajstić information content (AvgIpc) is 2.62. The SMILES string of the molecule is O=S(=O)(c1c(F)cccc1F)N1CCN(C(=S)NC2CCCCC2)CC1. The van der Waals surface area contributed by atoms with Gasteiger partial charge in [0.2, 0.25) is 10.0 Å². The second-order valence-electron chi connectivity index (χ2n) is 6.73. The van der Waals surface area contributed by atoms with Gasteiger partial charge in [-0.2, -0.15) is 4.31 Å². The third-order valence-corrected chi connectivity index (χ3v) is 7.30. The molecule has 1 aliphatic heterocycles. The Balaban J connectivity index is 1.61. The van der Waals surface area contributed by atoms with Gasteiger partial charge in [-0.25, -0.2) is 17.2 Å². The summed E-state index contributed by atoms with van der Waals surface area (Å²) in [4.78, 5) is 1.05. The number of benzene rings is 1. The fraction of sp³-hybridized carbons (Fsp3) is 0.588. The molecule has 3 rings (SSSR count). The lowest BCUT2D eigenvalue weighted by molar-refractivity contribution is 0.258. The molecule has 0 radical (unpaired) electrons. The van der Waals surface area contributed by atoms with E-state index in [0.29, 0.717) is 24.2 Å². The third-order valence-electron chi connectivity index (χ3n) is 4.98. The Kier molecular flexibility index (Phi) is 6.09. The number of piperazine rings is 1. The van der Waals surface area contributed by atoms with Gasteiger partial charge in [-0.15, -0.1) is 0 Å². The highest BCUT2D eigenvalue weighted by Crippen LogP contribution is 2.24. The van der Waals surface area contributed by atoms with E-state index in [0.717, 1.165) is 35.3 Å². The smallest absolute Gasteiger partial charge is 0.249 e. The standard InChI is InChI=1S/C17H23F2N3O2S2/c18-14-7-4-8-15(19)16(14)26(23,24)22-11-9-21(10-12-22)17(25)20-13-5-2-1-3-6-13/h4,7-8,13H,1-3,5-6,9-12H2,(H,20,25). The van der Waals surface area contributed by atoms with Crippen molar-refractivity contribution in [3.63, 3.8) is 0 Å². The summed E-state index contributed by atoms with van der Waals surface area (Å²) < 4.78 is 54.1. The van der Waals surface area contributed by atoms with E-state index in [9.17, 15) is 17.2 Å². The molecule has 0 amide bonds. The quantitative estimate of drug-likeness (QED) is 0.786. The van der Waals surface area contributed by atoms with Gasteiger partial charge in [-0.3, -0.25) is 0 Å². The first-order valence-electron chi connectivity index (χ1n) is 8.89. The number of rotatable bonds is 3. The second-order valence-corrected chi connectivity index (χ2v) is 8.99. The maximum Gasteiger partial charge on any atom is 0.249 e. The maximum absolute atomic E-state index is 13.9. The van der Waals surface area contributed by atoms with E-state index in [1.165, 1.54) is 19.3 Å². The van der Waals surface area contributed by atoms with Crippen LogP contribution in [0.15, 0.2) is 23.1 Å². The Morgan fingerprint density at radius 1 is 1.04 bits per heavy atom. The molecule has 0 aromatic heterocycles. The minimum Gasteiger partial charge on any atom is -0.360 e. The molecule has 1 N–H and O–H groups in total. The Hall–Kier alpha value is -1.32. The number of nitrogens with one attached hydrogen (secondary N) is 1. The minimum atomic E-state index is -4.21. The van der Waals surface area contributed by atoms with E-state index >= 15 is 0 Å². The average molecular weight is 404 g/mol. The lowest BCUT2D eigenvalue weighted by atomic mass is 9.96. The summed E-state index contributed by atoms with van der Waals surface area (Å²) in [6, 6.07) is 3.44. The van der Waals surface area contributed by atoms with Crippen molar-refractivity contribution in [3.8, 4) is 0 Å². The van der Waals surface area contributed by atoms with Crippen LogP contribution in [0, 0.1) is 11.6 Å². The van der Waals surface area contributed by atoms with E-state index < -0.39 is 26.6 Å². The molecule has 1 saturated carbocycles. The second kappa shape index (κ2) is 8.14. The van der Waals surface area contributed by atoms with Crippen LogP contribution in [0.3, 0.4) is 0 Å². The van der Waals surface area contributed by atoms with Crippen molar-refractivity contribution in [2.45, 2.75) is 43.0 Å². The van der Waals surface area contributed by atoms with Crippen LogP contribution in [-0.2, 0) is 10.0 Å². The van der Waals surface area contributed by atoms with E-state index in [-0.39, 0.29) is 13.1 Å². The van der Waals surface area contributed by atoms with Gasteiger partial charge < -0.3 is 10.2 Å². The molecule has 0 unspecified atom stereocenters. The molecule has 2 fully saturated rings. The Labute approximate surface area is 158 Å². The zero-order chi connectivity index (χ0) is 18.7. The summed E-state index contributed by atoms with van der Waals surface area (Å²) in [6.45, 7) is 1.08. The molecule has 5 nitrogen and oxygen atoms in total. The zero-order valence-corrected chi connectivity index (χ0v) is 16.1. The van der Waals surface area contributed by atoms with Crippen molar-refractivity contribution in [1.29, 1.82) is 0 Å². The number of sulfonamides is 1. The summed E-state index contributed by atoms with van der Waals surface area (Å²) >= 11 is 5.45. The van der Waals surface area contributed by atoms with Crippen molar-refractivity contribution >= 4 is 27.4 Å². The Morgan fingerprint density at radius 3 is 2.19 bits per heavy atom. The highest BCUT2D eigenvalue weighted by Gasteiger charge is 2.33. The Morgan fingerprint density at radius 2 is 1.62 bits per heavy atom. The maximum atomic E-state index is 13.9. The van der Waals surface area contributed by atoms with Crippen molar-refractivity contribution in [2.75, 3.05) is 26.2 Å². The van der Waals surface area contributed by atoms with Crippen molar-refractivity contribution in [2.24, 2.45) is 0 Å². The molecule has 2 aliphatic rings. The van der Waals surface area contributed by atoms with Crippen LogP contribution >= 0.6 is 12.2 Å². The molecule has 1 aliphatic carbocycles. The van der Waals surface area contributed by atoms with Crippen LogP contribution in [0.2, 0.25) is 0 Å². The zero-order valence-electron chi connectivity index (χ0n) is 14.5. The minimum absolute atomic E-state index is 0.141. The molecular formula is C17H23F2N3O2S2. The molecule has 1 aromatic rings. The van der Waals surface area contributed by atoms with Gasteiger partial charge >= 0.3 is 0 Å². The van der Waals surface area contributed by atoms with Crippen molar-refractivity contribution in [3.05, 3.63) is 29.8 Å². The van der Waals surface area contributed by atoms with Crippen LogP contribution in [0.25, 0.3) is 0 Å². The molecule has 0 bridgehead atoms. The normalized spacial score (nSPS) is 20.2. The predicted molar refractivity (Wildman–Crippen MR) is 99.3 cm³/mol. The van der Waals surface area contributed by atoms with E-state index in [1.807, 2.05) is 4.90 Å². The number of halogens is 2. The van der Waals surface area contributed by atoms with Crippen LogP contribution in [0.4, 0.5) is 8.78 Å². The summed E-state index contributed by atoms with van der Waals surface area (Å²) in [5, 5.41) is 3.99. The molecule has 0 atom stereocenters. The van der Waals surface area contributed by atoms with Crippen LogP contribution in [-0.4, -0.2) is 55.0 Å². The van der Waals surface area contributed by atoms with Gasteiger partial charge in [0.25, 0.3) is 0 Å². The molecule has 144 valence electrons. The Bertz CT molecular complexity index is 739. The molecule has 9 heteroatoms. The largest absolute Gasteiger partial charge is 0.360 e. The van der Waals surface area contributed by atoms with Crippen LogP contribution in [0.1, 0.15) is 32.1 Å². The van der Waals surface area contributed by atoms with Gasteiger partial charge in [0, 0.05) is 32.2 Å². The monoisotopic (exact) mass is 403 g/mol. The van der Waals surface area contributed by atoms with Gasteiger partial charge in [0.1, 0.15) is 11.6 Å². The first-order valence-corrected chi connectivity index (χ1v) is 10.7. The van der Waals surface area contributed by atoms with E-state index in [1.54, 1.807) is 0 Å². The van der Waals surface area contributed by atoms with Crippen LogP contribution in [0.5, 0.6) is 0 Å². The lowest BCUT2D eigenvalue weighted by Gasteiger charge is -2.37. The molecule has 1 saturated heterocycles. The summed E-state index contributed by atoms with van der Waals surface area (Å²) in [5.41, 5.74) is 0. The first kappa shape index (κ1) is 19.4. The summed E-state index contributed by atoms with van der Waals surface area (Å²) in [5.74, 6) is -2.14. The fourth-order valence-electron chi connectivity index (χ4n) is 3.50. The topological polar surface area (TPSA) is 52.7 Å². The summed E-state index contributed by atoms with van der Waals surface area (Å²) in [6.07, 6.45) is 5.84. The lowest BCUT2D eigenvalue weighted by Crippen LogP contribution is -2.54. The molecule has 1 aromatic carbocycles. The van der Waals surface area contributed by atoms with Crippen molar-refractivity contribution < 1.29 is 17.2 Å². The molecule has 0 spiro atoms. The number of hydrogen-bond acceptors (Lipinski definition) is 3. The van der Waals surface area contributed by atoms with Gasteiger partial charge in [-0.05, 0) is 37.2 Å². The molecule has 1 heterocycles. The number of thiocarbonyl (C=S) groups is 1. The number of nitrogens with zero attached hydrogens (tertiary/aromatic N) is 2. The first-order chi connectivity index (χ1) is 12.4.